The highest BCUT2D eigenvalue weighted by Gasteiger charge is 2.08. The van der Waals surface area contributed by atoms with Gasteiger partial charge in [-0.2, -0.15) is 5.10 Å². The first-order valence-corrected chi connectivity index (χ1v) is 8.17. The van der Waals surface area contributed by atoms with Crippen LogP contribution in [0.2, 0.25) is 0 Å². The van der Waals surface area contributed by atoms with Crippen LogP contribution in [-0.4, -0.2) is 26.8 Å². The molecular formula is C19H22N4O. The number of hydrogen-bond acceptors (Lipinski definition) is 2. The van der Waals surface area contributed by atoms with E-state index in [1.165, 1.54) is 0 Å². The van der Waals surface area contributed by atoms with Crippen LogP contribution in [0, 0.1) is 5.92 Å². The highest BCUT2D eigenvalue weighted by molar-refractivity contribution is 5.78. The Bertz CT molecular complexity index is 745. The summed E-state index contributed by atoms with van der Waals surface area (Å²) in [6.45, 7) is 3.56. The maximum absolute atomic E-state index is 12.1. The molecule has 0 aliphatic carbocycles. The van der Waals surface area contributed by atoms with Crippen molar-refractivity contribution in [2.75, 3.05) is 6.54 Å². The summed E-state index contributed by atoms with van der Waals surface area (Å²) in [5, 5.41) is 7.18. The SMILES string of the molecule is C[C@@H](CNC(=O)Cc1ccc(-n2cccc2)cc1)Cn1cccn1. The second kappa shape index (κ2) is 7.64. The number of amides is 1. The first-order valence-electron chi connectivity index (χ1n) is 8.17. The van der Waals surface area contributed by atoms with Crippen LogP contribution in [0.25, 0.3) is 5.69 Å². The van der Waals surface area contributed by atoms with Gasteiger partial charge in [0, 0.05) is 43.6 Å². The van der Waals surface area contributed by atoms with Gasteiger partial charge in [-0.1, -0.05) is 19.1 Å². The lowest BCUT2D eigenvalue weighted by atomic mass is 10.1. The average Bonchev–Trinajstić information content (AvgIpc) is 3.27. The minimum absolute atomic E-state index is 0.0519. The van der Waals surface area contributed by atoms with Gasteiger partial charge in [0.1, 0.15) is 0 Å². The molecule has 0 fully saturated rings. The molecule has 3 aromatic rings. The van der Waals surface area contributed by atoms with Gasteiger partial charge in [0.2, 0.25) is 5.91 Å². The molecule has 0 saturated carbocycles. The van der Waals surface area contributed by atoms with Crippen LogP contribution in [0.15, 0.2) is 67.3 Å². The molecule has 1 N–H and O–H groups in total. The van der Waals surface area contributed by atoms with Gasteiger partial charge in [-0.25, -0.2) is 0 Å². The maximum atomic E-state index is 12.1. The highest BCUT2D eigenvalue weighted by atomic mass is 16.1. The number of rotatable bonds is 7. The van der Waals surface area contributed by atoms with Gasteiger partial charge in [0.15, 0.2) is 0 Å². The summed E-state index contributed by atoms with van der Waals surface area (Å²) in [6.07, 6.45) is 8.11. The van der Waals surface area contributed by atoms with Crippen LogP contribution in [-0.2, 0) is 17.8 Å². The molecule has 0 saturated heterocycles. The van der Waals surface area contributed by atoms with Gasteiger partial charge in [0.05, 0.1) is 6.42 Å². The summed E-state index contributed by atoms with van der Waals surface area (Å²) < 4.78 is 3.93. The molecule has 0 radical (unpaired) electrons. The third-order valence-corrected chi connectivity index (χ3v) is 3.91. The Hall–Kier alpha value is -2.82. The molecule has 0 unspecified atom stereocenters. The predicted octanol–water partition coefficient (Wildman–Crippen LogP) is 2.67. The van der Waals surface area contributed by atoms with Crippen molar-refractivity contribution in [2.45, 2.75) is 19.9 Å². The van der Waals surface area contributed by atoms with Crippen LogP contribution in [0.3, 0.4) is 0 Å². The van der Waals surface area contributed by atoms with Crippen molar-refractivity contribution in [3.05, 3.63) is 72.8 Å². The highest BCUT2D eigenvalue weighted by Crippen LogP contribution is 2.10. The molecule has 0 aliphatic rings. The summed E-state index contributed by atoms with van der Waals surface area (Å²) in [4.78, 5) is 12.1. The quantitative estimate of drug-likeness (QED) is 0.727. The summed E-state index contributed by atoms with van der Waals surface area (Å²) in [6, 6.07) is 14.0. The van der Waals surface area contributed by atoms with Crippen LogP contribution in [0.5, 0.6) is 0 Å². The van der Waals surface area contributed by atoms with E-state index in [-0.39, 0.29) is 5.91 Å². The Balaban J connectivity index is 1.46. The van der Waals surface area contributed by atoms with E-state index in [0.29, 0.717) is 18.9 Å². The molecule has 24 heavy (non-hydrogen) atoms. The number of hydrogen-bond donors (Lipinski definition) is 1. The summed E-state index contributed by atoms with van der Waals surface area (Å²) in [5.74, 6) is 0.390. The minimum Gasteiger partial charge on any atom is -0.355 e. The van der Waals surface area contributed by atoms with Crippen molar-refractivity contribution >= 4 is 5.91 Å². The Morgan fingerprint density at radius 3 is 2.54 bits per heavy atom. The molecule has 0 aliphatic heterocycles. The molecule has 0 bridgehead atoms. The smallest absolute Gasteiger partial charge is 0.224 e. The van der Waals surface area contributed by atoms with Crippen molar-refractivity contribution < 1.29 is 4.79 Å². The van der Waals surface area contributed by atoms with E-state index in [9.17, 15) is 4.79 Å². The third-order valence-electron chi connectivity index (χ3n) is 3.91. The fourth-order valence-electron chi connectivity index (χ4n) is 2.62. The predicted molar refractivity (Wildman–Crippen MR) is 93.9 cm³/mol. The Morgan fingerprint density at radius 2 is 1.88 bits per heavy atom. The van der Waals surface area contributed by atoms with Crippen molar-refractivity contribution in [1.82, 2.24) is 19.7 Å². The van der Waals surface area contributed by atoms with Gasteiger partial charge in [-0.05, 0) is 41.8 Å². The van der Waals surface area contributed by atoms with Crippen molar-refractivity contribution in [2.24, 2.45) is 5.92 Å². The summed E-state index contributed by atoms with van der Waals surface area (Å²) >= 11 is 0. The molecule has 1 aromatic carbocycles. The molecule has 0 spiro atoms. The van der Waals surface area contributed by atoms with E-state index >= 15 is 0 Å². The third kappa shape index (κ3) is 4.35. The van der Waals surface area contributed by atoms with Crippen LogP contribution in [0.4, 0.5) is 0 Å². The minimum atomic E-state index is 0.0519. The van der Waals surface area contributed by atoms with E-state index in [4.69, 9.17) is 0 Å². The molecular weight excluding hydrogens is 300 g/mol. The van der Waals surface area contributed by atoms with Crippen molar-refractivity contribution in [3.63, 3.8) is 0 Å². The van der Waals surface area contributed by atoms with E-state index in [0.717, 1.165) is 17.8 Å². The zero-order valence-corrected chi connectivity index (χ0v) is 13.8. The van der Waals surface area contributed by atoms with E-state index < -0.39 is 0 Å². The van der Waals surface area contributed by atoms with Gasteiger partial charge in [0.25, 0.3) is 0 Å². The number of carbonyl (C=O) groups is 1. The molecule has 1 amide bonds. The van der Waals surface area contributed by atoms with Crippen molar-refractivity contribution in [3.8, 4) is 5.69 Å². The molecule has 2 aromatic heterocycles. The zero-order valence-electron chi connectivity index (χ0n) is 13.8. The Kier molecular flexibility index (Phi) is 5.11. The largest absolute Gasteiger partial charge is 0.355 e. The lowest BCUT2D eigenvalue weighted by Gasteiger charge is -2.13. The van der Waals surface area contributed by atoms with Gasteiger partial charge in [-0.3, -0.25) is 9.48 Å². The summed E-state index contributed by atoms with van der Waals surface area (Å²) in [7, 11) is 0. The number of carbonyl (C=O) groups excluding carboxylic acids is 1. The van der Waals surface area contributed by atoms with Crippen molar-refractivity contribution in [1.29, 1.82) is 0 Å². The molecule has 124 valence electrons. The van der Waals surface area contributed by atoms with E-state index in [2.05, 4.69) is 17.3 Å². The van der Waals surface area contributed by atoms with Gasteiger partial charge >= 0.3 is 0 Å². The van der Waals surface area contributed by atoms with Gasteiger partial charge in [-0.15, -0.1) is 0 Å². The fourth-order valence-corrected chi connectivity index (χ4v) is 2.62. The maximum Gasteiger partial charge on any atom is 0.224 e. The zero-order chi connectivity index (χ0) is 16.8. The normalized spacial score (nSPS) is 12.0. The van der Waals surface area contributed by atoms with Crippen LogP contribution in [0.1, 0.15) is 12.5 Å². The fraction of sp³-hybridized carbons (Fsp3) is 0.263. The van der Waals surface area contributed by atoms with Crippen LogP contribution >= 0.6 is 0 Å². The van der Waals surface area contributed by atoms with Crippen LogP contribution < -0.4 is 5.32 Å². The number of nitrogens with one attached hydrogen (secondary N) is 1. The first kappa shape index (κ1) is 16.1. The van der Waals surface area contributed by atoms with E-state index in [1.54, 1.807) is 6.20 Å². The molecule has 5 nitrogen and oxygen atoms in total. The summed E-state index contributed by atoms with van der Waals surface area (Å²) in [5.41, 5.74) is 2.11. The molecule has 5 heteroatoms. The van der Waals surface area contributed by atoms with E-state index in [1.807, 2.05) is 70.3 Å². The standard InChI is InChI=1S/C19H22N4O/c1-16(15-23-12-4-9-21-23)14-20-19(24)13-17-5-7-18(8-6-17)22-10-2-3-11-22/h2-12,16H,13-15H2,1H3,(H,20,24)/t16-/m0/s1. The lowest BCUT2D eigenvalue weighted by Crippen LogP contribution is -2.31. The van der Waals surface area contributed by atoms with Gasteiger partial charge < -0.3 is 9.88 Å². The first-order chi connectivity index (χ1) is 11.7. The topological polar surface area (TPSA) is 51.9 Å². The Morgan fingerprint density at radius 1 is 1.12 bits per heavy atom. The number of nitrogens with zero attached hydrogens (tertiary/aromatic N) is 3. The second-order valence-electron chi connectivity index (χ2n) is 6.07. The molecule has 1 atom stereocenters. The number of benzene rings is 1. The average molecular weight is 322 g/mol. The molecule has 3 rings (SSSR count). The lowest BCUT2D eigenvalue weighted by molar-refractivity contribution is -0.120. The molecule has 2 heterocycles. The second-order valence-corrected chi connectivity index (χ2v) is 6.07. The number of aromatic nitrogens is 3. The Labute approximate surface area is 141 Å². The monoisotopic (exact) mass is 322 g/mol.